The van der Waals surface area contributed by atoms with Gasteiger partial charge in [-0.2, -0.15) is 0 Å². The maximum atomic E-state index is 11.9. The number of thiophene rings is 1. The number of fused-ring (bicyclic) bond motifs is 1. The first kappa shape index (κ1) is 13.3. The van der Waals surface area contributed by atoms with Crippen LogP contribution in [0.4, 0.5) is 0 Å². The van der Waals surface area contributed by atoms with Crippen LogP contribution in [-0.4, -0.2) is 24.2 Å². The molecule has 1 aliphatic heterocycles. The second-order valence-electron chi connectivity index (χ2n) is 4.82. The molecule has 0 unspecified atom stereocenters. The zero-order valence-corrected chi connectivity index (χ0v) is 12.0. The van der Waals surface area contributed by atoms with E-state index in [1.54, 1.807) is 17.4 Å². The molecule has 2 aromatic rings. The summed E-state index contributed by atoms with van der Waals surface area (Å²) in [4.78, 5) is 13.2. The normalized spacial score (nSPS) is 17.8. The summed E-state index contributed by atoms with van der Waals surface area (Å²) < 4.78 is 10.7. The molecule has 5 nitrogen and oxygen atoms in total. The highest BCUT2D eigenvalue weighted by Crippen LogP contribution is 2.30. The Hall–Kier alpha value is -1.66. The van der Waals surface area contributed by atoms with Crippen LogP contribution in [0.15, 0.2) is 22.0 Å². The van der Waals surface area contributed by atoms with E-state index in [0.29, 0.717) is 18.0 Å². The van der Waals surface area contributed by atoms with Crippen molar-refractivity contribution in [2.24, 2.45) is 0 Å². The van der Waals surface area contributed by atoms with Crippen molar-refractivity contribution in [1.29, 1.82) is 0 Å². The van der Waals surface area contributed by atoms with E-state index < -0.39 is 0 Å². The van der Waals surface area contributed by atoms with E-state index in [0.717, 1.165) is 13.0 Å². The Kier molecular flexibility index (Phi) is 3.84. The fraction of sp³-hybridized carbons (Fsp3) is 0.429. The molecular weight excluding hydrogens is 276 g/mol. The van der Waals surface area contributed by atoms with Crippen molar-refractivity contribution >= 4 is 17.2 Å². The number of amides is 1. The quantitative estimate of drug-likeness (QED) is 0.936. The number of nitrogens with one attached hydrogen (secondary N) is 1. The monoisotopic (exact) mass is 292 g/mol. The van der Waals surface area contributed by atoms with Gasteiger partial charge in [-0.15, -0.1) is 11.3 Å². The highest BCUT2D eigenvalue weighted by molar-refractivity contribution is 7.10. The van der Waals surface area contributed by atoms with E-state index in [1.807, 2.05) is 6.92 Å². The van der Waals surface area contributed by atoms with Crippen LogP contribution in [0.3, 0.4) is 0 Å². The fourth-order valence-corrected chi connectivity index (χ4v) is 3.24. The van der Waals surface area contributed by atoms with Gasteiger partial charge in [-0.3, -0.25) is 4.79 Å². The van der Waals surface area contributed by atoms with Crippen molar-refractivity contribution in [2.45, 2.75) is 25.9 Å². The molecule has 1 amide bonds. The van der Waals surface area contributed by atoms with E-state index >= 15 is 0 Å². The van der Waals surface area contributed by atoms with Crippen LogP contribution in [0.1, 0.15) is 28.0 Å². The highest BCUT2D eigenvalue weighted by atomic mass is 32.1. The van der Waals surface area contributed by atoms with Crippen molar-refractivity contribution in [3.63, 3.8) is 0 Å². The average Bonchev–Trinajstić information content (AvgIpc) is 3.05. The molecule has 20 heavy (non-hydrogen) atoms. The fourth-order valence-electron chi connectivity index (χ4n) is 2.33. The minimum atomic E-state index is -0.0655. The van der Waals surface area contributed by atoms with Gasteiger partial charge in [0.25, 0.3) is 0 Å². The molecule has 0 radical (unpaired) electrons. The predicted molar refractivity (Wildman–Crippen MR) is 74.7 cm³/mol. The number of hydrogen-bond donors (Lipinski definition) is 1. The maximum absolute atomic E-state index is 11.9. The minimum Gasteiger partial charge on any atom is -0.371 e. The van der Waals surface area contributed by atoms with E-state index in [-0.39, 0.29) is 18.4 Å². The molecule has 106 valence electrons. The summed E-state index contributed by atoms with van der Waals surface area (Å²) in [7, 11) is 0. The van der Waals surface area contributed by atoms with Crippen molar-refractivity contribution in [3.05, 3.63) is 39.4 Å². The summed E-state index contributed by atoms with van der Waals surface area (Å²) in [5.41, 5.74) is 1.86. The van der Waals surface area contributed by atoms with Crippen molar-refractivity contribution < 1.29 is 14.1 Å². The molecule has 3 rings (SSSR count). The first-order valence-corrected chi connectivity index (χ1v) is 7.47. The summed E-state index contributed by atoms with van der Waals surface area (Å²) in [6, 6.07) is 3.85. The smallest absolute Gasteiger partial charge is 0.226 e. The Balaban J connectivity index is 1.54. The molecule has 6 heteroatoms. The number of aromatic nitrogens is 1. The Morgan fingerprint density at radius 1 is 1.60 bits per heavy atom. The van der Waals surface area contributed by atoms with Gasteiger partial charge >= 0.3 is 0 Å². The van der Waals surface area contributed by atoms with Gasteiger partial charge in [0, 0.05) is 23.9 Å². The zero-order valence-electron chi connectivity index (χ0n) is 11.2. The molecule has 1 atom stereocenters. The Bertz CT molecular complexity index is 605. The number of ether oxygens (including phenoxy) is 1. The Labute approximate surface area is 120 Å². The first-order valence-electron chi connectivity index (χ1n) is 6.59. The molecule has 0 saturated heterocycles. The van der Waals surface area contributed by atoms with Gasteiger partial charge in [-0.1, -0.05) is 5.16 Å². The standard InChI is InChI=1S/C14H16N2O3S/c1-9-6-10(16-19-9)7-14(17)15-8-12-11-3-5-20-13(11)2-4-18-12/h3,5-6,12H,2,4,7-8H2,1H3,(H,15,17)/t12-/m0/s1. The summed E-state index contributed by atoms with van der Waals surface area (Å²) in [6.07, 6.45) is 1.17. The van der Waals surface area contributed by atoms with E-state index in [4.69, 9.17) is 9.26 Å². The lowest BCUT2D eigenvalue weighted by molar-refractivity contribution is -0.121. The number of aryl methyl sites for hydroxylation is 1. The third kappa shape index (κ3) is 2.91. The van der Waals surface area contributed by atoms with Gasteiger partial charge < -0.3 is 14.6 Å². The summed E-state index contributed by atoms with van der Waals surface area (Å²) >= 11 is 1.75. The lowest BCUT2D eigenvalue weighted by Gasteiger charge is -2.23. The van der Waals surface area contributed by atoms with Gasteiger partial charge in [-0.05, 0) is 23.9 Å². The van der Waals surface area contributed by atoms with Crippen molar-refractivity contribution in [3.8, 4) is 0 Å². The second kappa shape index (κ2) is 5.76. The maximum Gasteiger partial charge on any atom is 0.226 e. The lowest BCUT2D eigenvalue weighted by atomic mass is 10.1. The van der Waals surface area contributed by atoms with E-state index in [2.05, 4.69) is 21.9 Å². The SMILES string of the molecule is Cc1cc(CC(=O)NC[C@@H]2OCCc3sccc32)no1. The third-order valence-electron chi connectivity index (χ3n) is 3.28. The number of nitrogens with zero attached hydrogens (tertiary/aromatic N) is 1. The molecule has 1 aliphatic rings. The number of carbonyl (C=O) groups is 1. The van der Waals surface area contributed by atoms with Crippen LogP contribution < -0.4 is 5.32 Å². The van der Waals surface area contributed by atoms with Gasteiger partial charge in [0.15, 0.2) is 0 Å². The molecule has 0 fully saturated rings. The molecule has 2 aromatic heterocycles. The topological polar surface area (TPSA) is 64.4 Å². The molecular formula is C14H16N2O3S. The van der Waals surface area contributed by atoms with Crippen molar-refractivity contribution in [1.82, 2.24) is 10.5 Å². The van der Waals surface area contributed by atoms with E-state index in [1.165, 1.54) is 10.4 Å². The van der Waals surface area contributed by atoms with Crippen LogP contribution in [0.5, 0.6) is 0 Å². The summed E-state index contributed by atoms with van der Waals surface area (Å²) in [6.45, 7) is 3.03. The number of carbonyl (C=O) groups excluding carboxylic acids is 1. The van der Waals surface area contributed by atoms with Crippen LogP contribution in [0.25, 0.3) is 0 Å². The van der Waals surface area contributed by atoms with Gasteiger partial charge in [0.1, 0.15) is 11.9 Å². The van der Waals surface area contributed by atoms with Crippen LogP contribution in [-0.2, 0) is 22.4 Å². The summed E-state index contributed by atoms with van der Waals surface area (Å²) in [5.74, 6) is 0.649. The van der Waals surface area contributed by atoms with Gasteiger partial charge in [-0.25, -0.2) is 0 Å². The van der Waals surface area contributed by atoms with Gasteiger partial charge in [0.05, 0.1) is 18.7 Å². The molecule has 0 aromatic carbocycles. The molecule has 0 bridgehead atoms. The largest absolute Gasteiger partial charge is 0.371 e. The average molecular weight is 292 g/mol. The second-order valence-corrected chi connectivity index (χ2v) is 5.82. The first-order chi connectivity index (χ1) is 9.72. The lowest BCUT2D eigenvalue weighted by Crippen LogP contribution is -2.32. The molecule has 1 N–H and O–H groups in total. The molecule has 0 saturated carbocycles. The number of rotatable bonds is 4. The Morgan fingerprint density at radius 2 is 2.50 bits per heavy atom. The van der Waals surface area contributed by atoms with Crippen LogP contribution in [0, 0.1) is 6.92 Å². The highest BCUT2D eigenvalue weighted by Gasteiger charge is 2.22. The minimum absolute atomic E-state index is 0.0343. The summed E-state index contributed by atoms with van der Waals surface area (Å²) in [5, 5.41) is 8.79. The third-order valence-corrected chi connectivity index (χ3v) is 4.27. The predicted octanol–water partition coefficient (Wildman–Crippen LogP) is 2.02. The van der Waals surface area contributed by atoms with E-state index in [9.17, 15) is 4.79 Å². The molecule has 0 aliphatic carbocycles. The molecule has 3 heterocycles. The zero-order chi connectivity index (χ0) is 13.9. The number of hydrogen-bond acceptors (Lipinski definition) is 5. The van der Waals surface area contributed by atoms with Crippen molar-refractivity contribution in [2.75, 3.05) is 13.2 Å². The molecule has 0 spiro atoms. The van der Waals surface area contributed by atoms with Crippen LogP contribution in [0.2, 0.25) is 0 Å². The van der Waals surface area contributed by atoms with Gasteiger partial charge in [0.2, 0.25) is 5.91 Å². The van der Waals surface area contributed by atoms with Crippen LogP contribution >= 0.6 is 11.3 Å². The Morgan fingerprint density at radius 3 is 3.30 bits per heavy atom.